The lowest BCUT2D eigenvalue weighted by Crippen LogP contribution is -2.46. The van der Waals surface area contributed by atoms with Crippen LogP contribution in [-0.2, 0) is 14.8 Å². The van der Waals surface area contributed by atoms with Gasteiger partial charge in [0, 0.05) is 22.1 Å². The van der Waals surface area contributed by atoms with Crippen LogP contribution in [0.2, 0.25) is 0 Å². The van der Waals surface area contributed by atoms with E-state index in [1.54, 1.807) is 6.07 Å². The highest BCUT2D eigenvalue weighted by Crippen LogP contribution is 2.33. The van der Waals surface area contributed by atoms with Gasteiger partial charge in [-0.25, -0.2) is 13.8 Å². The fourth-order valence-electron chi connectivity index (χ4n) is 3.82. The molecular weight excluding hydrogens is 510 g/mol. The monoisotopic (exact) mass is 537 g/mol. The number of ether oxygens (including phenoxy) is 2. The van der Waals surface area contributed by atoms with Crippen LogP contribution < -0.4 is 14.9 Å². The third-order valence-corrected chi connectivity index (χ3v) is 8.16. The zero-order valence-electron chi connectivity index (χ0n) is 18.7. The van der Waals surface area contributed by atoms with Crippen LogP contribution in [0.25, 0.3) is 0 Å². The average molecular weight is 538 g/mol. The number of methoxy groups -OCH3 is 2. The Labute approximate surface area is 203 Å². The van der Waals surface area contributed by atoms with Crippen molar-refractivity contribution < 1.29 is 22.7 Å². The molecule has 1 fully saturated rings. The van der Waals surface area contributed by atoms with E-state index in [0.29, 0.717) is 24.3 Å². The number of hydrogen-bond donors (Lipinski definition) is 1. The standard InChI is InChI=1S/C23H28BrN3O5S/c1-31-21-13-12-19(14-22(21)32-2)33(29,30)27(18-9-4-3-5-10-18)16-23(28)26-25-15-17-8-6-7-11-20(17)24/h6-8,11-15,18H,3-5,9-10,16H2,1-2H3,(H,26,28)/b25-15-. The van der Waals surface area contributed by atoms with E-state index in [2.05, 4.69) is 26.5 Å². The van der Waals surface area contributed by atoms with Crippen molar-refractivity contribution in [3.8, 4) is 11.5 Å². The zero-order valence-corrected chi connectivity index (χ0v) is 21.1. The number of rotatable bonds is 9. The molecule has 0 bridgehead atoms. The number of amides is 1. The second-order valence-corrected chi connectivity index (χ2v) is 10.4. The lowest BCUT2D eigenvalue weighted by molar-refractivity contribution is -0.121. The van der Waals surface area contributed by atoms with Gasteiger partial charge >= 0.3 is 0 Å². The SMILES string of the molecule is COc1ccc(S(=O)(=O)N(CC(=O)N/N=C\c2ccccc2Br)C2CCCCC2)cc1OC. The maximum atomic E-state index is 13.6. The summed E-state index contributed by atoms with van der Waals surface area (Å²) in [5.74, 6) is 0.234. The van der Waals surface area contributed by atoms with Crippen molar-refractivity contribution >= 4 is 38.1 Å². The third-order valence-electron chi connectivity index (χ3n) is 5.54. The summed E-state index contributed by atoms with van der Waals surface area (Å²) < 4.78 is 39.8. The molecule has 0 saturated heterocycles. The average Bonchev–Trinajstić information content (AvgIpc) is 2.83. The Kier molecular flexibility index (Phi) is 8.87. The van der Waals surface area contributed by atoms with E-state index in [9.17, 15) is 13.2 Å². The maximum absolute atomic E-state index is 13.6. The molecule has 2 aromatic carbocycles. The molecule has 0 aliphatic heterocycles. The smallest absolute Gasteiger partial charge is 0.255 e. The van der Waals surface area contributed by atoms with Gasteiger partial charge in [-0.1, -0.05) is 53.4 Å². The summed E-state index contributed by atoms with van der Waals surface area (Å²) in [6.07, 6.45) is 5.83. The van der Waals surface area contributed by atoms with E-state index >= 15 is 0 Å². The van der Waals surface area contributed by atoms with Crippen molar-refractivity contribution in [1.29, 1.82) is 0 Å². The number of carbonyl (C=O) groups excluding carboxylic acids is 1. The molecule has 2 aromatic rings. The van der Waals surface area contributed by atoms with Crippen molar-refractivity contribution in [1.82, 2.24) is 9.73 Å². The Bertz CT molecular complexity index is 1100. The minimum Gasteiger partial charge on any atom is -0.493 e. The van der Waals surface area contributed by atoms with Gasteiger partial charge in [-0.2, -0.15) is 9.41 Å². The van der Waals surface area contributed by atoms with Crippen molar-refractivity contribution in [2.75, 3.05) is 20.8 Å². The molecule has 1 aliphatic rings. The Morgan fingerprint density at radius 2 is 1.82 bits per heavy atom. The summed E-state index contributed by atoms with van der Waals surface area (Å²) in [7, 11) is -1.03. The summed E-state index contributed by atoms with van der Waals surface area (Å²) in [5, 5.41) is 3.99. The number of nitrogens with zero attached hydrogens (tertiary/aromatic N) is 2. The highest BCUT2D eigenvalue weighted by molar-refractivity contribution is 9.10. The van der Waals surface area contributed by atoms with Crippen LogP contribution in [-0.4, -0.2) is 51.7 Å². The van der Waals surface area contributed by atoms with Gasteiger partial charge < -0.3 is 9.47 Å². The van der Waals surface area contributed by atoms with Gasteiger partial charge in [-0.15, -0.1) is 0 Å². The highest BCUT2D eigenvalue weighted by atomic mass is 79.9. The second kappa shape index (κ2) is 11.6. The first kappa shape index (κ1) is 25.2. The molecule has 3 rings (SSSR count). The number of nitrogens with one attached hydrogen (secondary N) is 1. The molecular formula is C23H28BrN3O5S. The van der Waals surface area contributed by atoms with Crippen molar-refractivity contribution in [2.45, 2.75) is 43.0 Å². The largest absolute Gasteiger partial charge is 0.493 e. The van der Waals surface area contributed by atoms with Gasteiger partial charge in [0.15, 0.2) is 11.5 Å². The Balaban J connectivity index is 1.82. The number of benzene rings is 2. The predicted molar refractivity (Wildman–Crippen MR) is 130 cm³/mol. The Morgan fingerprint density at radius 1 is 1.12 bits per heavy atom. The lowest BCUT2D eigenvalue weighted by Gasteiger charge is -2.32. The van der Waals surface area contributed by atoms with Crippen LogP contribution in [0.3, 0.4) is 0 Å². The van der Waals surface area contributed by atoms with Gasteiger partial charge in [0.25, 0.3) is 5.91 Å². The minimum absolute atomic E-state index is 0.0511. The van der Waals surface area contributed by atoms with E-state index in [4.69, 9.17) is 9.47 Å². The molecule has 0 unspecified atom stereocenters. The first-order valence-corrected chi connectivity index (χ1v) is 12.9. The number of hydrazone groups is 1. The summed E-state index contributed by atoms with van der Waals surface area (Å²) in [4.78, 5) is 12.7. The third kappa shape index (κ3) is 6.33. The molecule has 1 aliphatic carbocycles. The van der Waals surface area contributed by atoms with Gasteiger partial charge in [0.2, 0.25) is 10.0 Å². The molecule has 10 heteroatoms. The van der Waals surface area contributed by atoms with Gasteiger partial charge in [0.05, 0.1) is 31.9 Å². The first-order chi connectivity index (χ1) is 15.9. The summed E-state index contributed by atoms with van der Waals surface area (Å²) >= 11 is 3.42. The fourth-order valence-corrected chi connectivity index (χ4v) is 5.87. The van der Waals surface area contributed by atoms with E-state index in [-0.39, 0.29) is 17.5 Å². The molecule has 8 nitrogen and oxygen atoms in total. The summed E-state index contributed by atoms with van der Waals surface area (Å²) in [5.41, 5.74) is 3.24. The molecule has 0 aromatic heterocycles. The number of carbonyl (C=O) groups is 1. The summed E-state index contributed by atoms with van der Waals surface area (Å²) in [6, 6.07) is 11.6. The molecule has 0 spiro atoms. The fraction of sp³-hybridized carbons (Fsp3) is 0.391. The highest BCUT2D eigenvalue weighted by Gasteiger charge is 2.34. The predicted octanol–water partition coefficient (Wildman–Crippen LogP) is 3.94. The molecule has 0 atom stereocenters. The minimum atomic E-state index is -3.96. The molecule has 1 N–H and O–H groups in total. The summed E-state index contributed by atoms with van der Waals surface area (Å²) in [6.45, 7) is -0.325. The van der Waals surface area contributed by atoms with E-state index in [1.165, 1.54) is 36.9 Å². The number of sulfonamides is 1. The number of halogens is 1. The molecule has 0 radical (unpaired) electrons. The van der Waals surface area contributed by atoms with Gasteiger partial charge in [0.1, 0.15) is 0 Å². The van der Waals surface area contributed by atoms with E-state index in [0.717, 1.165) is 29.3 Å². The molecule has 1 amide bonds. The van der Waals surface area contributed by atoms with Crippen molar-refractivity contribution in [3.63, 3.8) is 0 Å². The molecule has 1 saturated carbocycles. The van der Waals surface area contributed by atoms with Crippen LogP contribution in [0.1, 0.15) is 37.7 Å². The quantitative estimate of drug-likeness (QED) is 0.386. The molecule has 0 heterocycles. The van der Waals surface area contributed by atoms with Crippen LogP contribution in [0.5, 0.6) is 11.5 Å². The van der Waals surface area contributed by atoms with Crippen LogP contribution in [0, 0.1) is 0 Å². The first-order valence-electron chi connectivity index (χ1n) is 10.7. The lowest BCUT2D eigenvalue weighted by atomic mass is 9.95. The normalized spacial score (nSPS) is 15.0. The van der Waals surface area contributed by atoms with Gasteiger partial charge in [-0.05, 0) is 31.0 Å². The molecule has 33 heavy (non-hydrogen) atoms. The Hall–Kier alpha value is -2.43. The van der Waals surface area contributed by atoms with Crippen molar-refractivity contribution in [3.05, 3.63) is 52.5 Å². The number of hydrogen-bond acceptors (Lipinski definition) is 6. The zero-order chi connectivity index (χ0) is 23.8. The van der Waals surface area contributed by atoms with E-state index in [1.807, 2.05) is 24.3 Å². The van der Waals surface area contributed by atoms with E-state index < -0.39 is 15.9 Å². The Morgan fingerprint density at radius 3 is 2.48 bits per heavy atom. The van der Waals surface area contributed by atoms with Gasteiger partial charge in [-0.3, -0.25) is 4.79 Å². The topological polar surface area (TPSA) is 97.3 Å². The second-order valence-electron chi connectivity index (χ2n) is 7.67. The van der Waals surface area contributed by atoms with Crippen LogP contribution >= 0.6 is 15.9 Å². The van der Waals surface area contributed by atoms with Crippen LogP contribution in [0.4, 0.5) is 0 Å². The maximum Gasteiger partial charge on any atom is 0.255 e. The molecule has 178 valence electrons. The van der Waals surface area contributed by atoms with Crippen LogP contribution in [0.15, 0.2) is 56.9 Å². The van der Waals surface area contributed by atoms with Crippen molar-refractivity contribution in [2.24, 2.45) is 5.10 Å².